The van der Waals surface area contributed by atoms with Crippen molar-refractivity contribution >= 4 is 5.97 Å². The standard InChI is InChI=1S/C25H26O3/c1-25-14-13-20-19-10-8-18(28-24(27)16-5-3-2-4-6-16)15-17(19)7-9-21(20)22(25)11-12-23(25)26/h2-6,8-10,15,20,22-23,26H,7,11-14H2,1H3. The van der Waals surface area contributed by atoms with Crippen LogP contribution in [0.3, 0.4) is 0 Å². The summed E-state index contributed by atoms with van der Waals surface area (Å²) in [5, 5.41) is 10.5. The predicted molar refractivity (Wildman–Crippen MR) is 108 cm³/mol. The van der Waals surface area contributed by atoms with Gasteiger partial charge in [0.25, 0.3) is 0 Å². The Kier molecular flexibility index (Phi) is 4.17. The van der Waals surface area contributed by atoms with E-state index in [2.05, 4.69) is 19.1 Å². The van der Waals surface area contributed by atoms with Gasteiger partial charge in [0.2, 0.25) is 0 Å². The molecule has 4 unspecified atom stereocenters. The van der Waals surface area contributed by atoms with E-state index in [1.165, 1.54) is 16.7 Å². The fourth-order valence-corrected chi connectivity index (χ4v) is 5.72. The number of fused-ring (bicyclic) bond motifs is 5. The summed E-state index contributed by atoms with van der Waals surface area (Å²) in [5.41, 5.74) is 4.78. The molecule has 3 heteroatoms. The van der Waals surface area contributed by atoms with E-state index in [0.717, 1.165) is 32.1 Å². The summed E-state index contributed by atoms with van der Waals surface area (Å²) in [6.45, 7) is 2.27. The normalized spacial score (nSPS) is 30.6. The number of carbonyl (C=O) groups excluding carboxylic acids is 1. The minimum Gasteiger partial charge on any atom is -0.423 e. The zero-order valence-corrected chi connectivity index (χ0v) is 16.2. The lowest BCUT2D eigenvalue weighted by Gasteiger charge is -2.46. The Labute approximate surface area is 166 Å². The van der Waals surface area contributed by atoms with Crippen LogP contribution < -0.4 is 4.74 Å². The number of aliphatic hydroxyl groups is 1. The topological polar surface area (TPSA) is 46.5 Å². The molecule has 2 fully saturated rings. The van der Waals surface area contributed by atoms with Crippen molar-refractivity contribution in [2.24, 2.45) is 11.3 Å². The second-order valence-electron chi connectivity index (χ2n) is 8.77. The highest BCUT2D eigenvalue weighted by molar-refractivity contribution is 5.91. The smallest absolute Gasteiger partial charge is 0.343 e. The number of ether oxygens (including phenoxy) is 1. The maximum Gasteiger partial charge on any atom is 0.343 e. The Morgan fingerprint density at radius 3 is 2.75 bits per heavy atom. The third-order valence-corrected chi connectivity index (χ3v) is 7.33. The van der Waals surface area contributed by atoms with Crippen molar-refractivity contribution in [2.75, 3.05) is 0 Å². The summed E-state index contributed by atoms with van der Waals surface area (Å²) in [6, 6.07) is 15.2. The van der Waals surface area contributed by atoms with Gasteiger partial charge in [0.15, 0.2) is 0 Å². The number of benzene rings is 2. The monoisotopic (exact) mass is 374 g/mol. The van der Waals surface area contributed by atoms with E-state index in [1.54, 1.807) is 12.1 Å². The van der Waals surface area contributed by atoms with Gasteiger partial charge in [0, 0.05) is 11.3 Å². The molecule has 4 atom stereocenters. The summed E-state index contributed by atoms with van der Waals surface area (Å²) >= 11 is 0. The van der Waals surface area contributed by atoms with Gasteiger partial charge in [-0.1, -0.05) is 42.8 Å². The van der Waals surface area contributed by atoms with Gasteiger partial charge in [-0.15, -0.1) is 0 Å². The average Bonchev–Trinajstić information content (AvgIpc) is 3.03. The number of hydrogen-bond donors (Lipinski definition) is 1. The molecule has 1 N–H and O–H groups in total. The molecule has 28 heavy (non-hydrogen) atoms. The maximum atomic E-state index is 12.3. The van der Waals surface area contributed by atoms with Crippen LogP contribution in [0.25, 0.3) is 0 Å². The van der Waals surface area contributed by atoms with Crippen molar-refractivity contribution in [3.63, 3.8) is 0 Å². The highest BCUT2D eigenvalue weighted by atomic mass is 16.5. The number of allylic oxidation sites excluding steroid dienone is 2. The Bertz CT molecular complexity index is 946. The van der Waals surface area contributed by atoms with Crippen molar-refractivity contribution in [2.45, 2.75) is 51.0 Å². The summed E-state index contributed by atoms with van der Waals surface area (Å²) in [6.07, 6.45) is 7.28. The summed E-state index contributed by atoms with van der Waals surface area (Å²) < 4.78 is 5.61. The Hall–Kier alpha value is -2.39. The van der Waals surface area contributed by atoms with E-state index in [4.69, 9.17) is 4.74 Å². The molecule has 3 nitrogen and oxygen atoms in total. The summed E-state index contributed by atoms with van der Waals surface area (Å²) in [5.74, 6) is 1.25. The number of aliphatic hydroxyl groups excluding tert-OH is 1. The van der Waals surface area contributed by atoms with Gasteiger partial charge < -0.3 is 9.84 Å². The molecule has 3 aliphatic carbocycles. The molecule has 2 aromatic rings. The lowest BCUT2D eigenvalue weighted by Crippen LogP contribution is -2.39. The van der Waals surface area contributed by atoms with Crippen LogP contribution in [0.4, 0.5) is 0 Å². The average molecular weight is 374 g/mol. The SMILES string of the molecule is CC12CCC3C(=CCc4cc(OC(=O)c5ccccc5)ccc43)C1CCC2O. The van der Waals surface area contributed by atoms with Crippen molar-refractivity contribution in [1.82, 2.24) is 0 Å². The first kappa shape index (κ1) is 17.7. The van der Waals surface area contributed by atoms with Gasteiger partial charge in [-0.05, 0) is 73.4 Å². The van der Waals surface area contributed by atoms with Crippen LogP contribution in [0, 0.1) is 11.3 Å². The predicted octanol–water partition coefficient (Wildman–Crippen LogP) is 5.04. The minimum absolute atomic E-state index is 0.0466. The highest BCUT2D eigenvalue weighted by Gasteiger charge is 2.51. The van der Waals surface area contributed by atoms with Crippen LogP contribution in [-0.2, 0) is 6.42 Å². The maximum absolute atomic E-state index is 12.3. The highest BCUT2D eigenvalue weighted by Crippen LogP contribution is 2.59. The van der Waals surface area contributed by atoms with Crippen LogP contribution >= 0.6 is 0 Å². The molecule has 144 valence electrons. The first-order valence-electron chi connectivity index (χ1n) is 10.3. The molecule has 0 saturated heterocycles. The molecule has 2 aromatic carbocycles. The first-order chi connectivity index (χ1) is 13.6. The Balaban J connectivity index is 1.39. The largest absolute Gasteiger partial charge is 0.423 e. The zero-order valence-electron chi connectivity index (χ0n) is 16.2. The third kappa shape index (κ3) is 2.72. The molecule has 5 rings (SSSR count). The fraction of sp³-hybridized carbons (Fsp3) is 0.400. The van der Waals surface area contributed by atoms with E-state index in [-0.39, 0.29) is 17.5 Å². The fourth-order valence-electron chi connectivity index (χ4n) is 5.72. The van der Waals surface area contributed by atoms with E-state index < -0.39 is 0 Å². The van der Waals surface area contributed by atoms with Gasteiger partial charge in [-0.25, -0.2) is 4.79 Å². The Morgan fingerprint density at radius 2 is 1.93 bits per heavy atom. The minimum atomic E-state index is -0.319. The zero-order chi connectivity index (χ0) is 19.3. The number of rotatable bonds is 2. The molecule has 0 aromatic heterocycles. The van der Waals surface area contributed by atoms with E-state index in [0.29, 0.717) is 23.1 Å². The number of carbonyl (C=O) groups is 1. The van der Waals surface area contributed by atoms with E-state index >= 15 is 0 Å². The number of hydrogen-bond acceptors (Lipinski definition) is 3. The van der Waals surface area contributed by atoms with Gasteiger partial charge in [-0.2, -0.15) is 0 Å². The third-order valence-electron chi connectivity index (χ3n) is 7.33. The van der Waals surface area contributed by atoms with E-state index in [1.807, 2.05) is 30.3 Å². The van der Waals surface area contributed by atoms with Crippen molar-refractivity contribution in [3.8, 4) is 5.75 Å². The quantitative estimate of drug-likeness (QED) is 0.455. The number of esters is 1. The molecule has 0 amide bonds. The summed E-state index contributed by atoms with van der Waals surface area (Å²) in [7, 11) is 0. The van der Waals surface area contributed by atoms with Crippen LogP contribution in [0.2, 0.25) is 0 Å². The molecule has 0 bridgehead atoms. The molecule has 2 saturated carbocycles. The van der Waals surface area contributed by atoms with Crippen LogP contribution in [-0.4, -0.2) is 17.2 Å². The molecule has 0 aliphatic heterocycles. The first-order valence-corrected chi connectivity index (χ1v) is 10.3. The molecule has 3 aliphatic rings. The Morgan fingerprint density at radius 1 is 1.11 bits per heavy atom. The lowest BCUT2D eigenvalue weighted by molar-refractivity contribution is 0.0267. The van der Waals surface area contributed by atoms with Crippen LogP contribution in [0.1, 0.15) is 60.0 Å². The van der Waals surface area contributed by atoms with Crippen molar-refractivity contribution in [3.05, 3.63) is 76.9 Å². The second-order valence-corrected chi connectivity index (χ2v) is 8.77. The van der Waals surface area contributed by atoms with Gasteiger partial charge in [-0.3, -0.25) is 0 Å². The van der Waals surface area contributed by atoms with Crippen LogP contribution in [0.15, 0.2) is 60.2 Å². The van der Waals surface area contributed by atoms with Gasteiger partial charge in [0.1, 0.15) is 5.75 Å². The van der Waals surface area contributed by atoms with Crippen LogP contribution in [0.5, 0.6) is 5.75 Å². The summed E-state index contributed by atoms with van der Waals surface area (Å²) in [4.78, 5) is 12.3. The van der Waals surface area contributed by atoms with E-state index in [9.17, 15) is 9.90 Å². The van der Waals surface area contributed by atoms with Crippen molar-refractivity contribution in [1.29, 1.82) is 0 Å². The molecule has 0 heterocycles. The van der Waals surface area contributed by atoms with Gasteiger partial charge >= 0.3 is 5.97 Å². The molecular formula is C25H26O3. The van der Waals surface area contributed by atoms with Gasteiger partial charge in [0.05, 0.1) is 11.7 Å². The lowest BCUT2D eigenvalue weighted by atomic mass is 9.59. The van der Waals surface area contributed by atoms with Crippen molar-refractivity contribution < 1.29 is 14.6 Å². The second kappa shape index (κ2) is 6.59. The molecular weight excluding hydrogens is 348 g/mol. The molecule has 0 radical (unpaired) electrons. The molecule has 0 spiro atoms.